The van der Waals surface area contributed by atoms with Crippen molar-refractivity contribution in [3.8, 4) is 0 Å². The van der Waals surface area contributed by atoms with Crippen LogP contribution in [0, 0.1) is 5.92 Å². The van der Waals surface area contributed by atoms with Gasteiger partial charge in [-0.3, -0.25) is 9.69 Å². The van der Waals surface area contributed by atoms with Crippen LogP contribution >= 0.6 is 0 Å². The van der Waals surface area contributed by atoms with Crippen LogP contribution in [-0.4, -0.2) is 80.8 Å². The molecule has 8 heteroatoms. The molecule has 2 heterocycles. The molecule has 3 aliphatic rings. The van der Waals surface area contributed by atoms with E-state index in [0.29, 0.717) is 12.2 Å². The Morgan fingerprint density at radius 1 is 0.939 bits per heavy atom. The molecule has 1 amide bonds. The molecule has 1 aliphatic carbocycles. The minimum atomic E-state index is -3.67. The van der Waals surface area contributed by atoms with Crippen LogP contribution in [0.1, 0.15) is 57.8 Å². The number of amides is 1. The van der Waals surface area contributed by atoms with Gasteiger partial charge in [-0.05, 0) is 82.8 Å². The number of likely N-dealkylation sites (tertiary alicyclic amines) is 2. The molecule has 33 heavy (non-hydrogen) atoms. The van der Waals surface area contributed by atoms with Gasteiger partial charge < -0.3 is 10.2 Å². The fourth-order valence-corrected chi connectivity index (χ4v) is 7.20. The maximum absolute atomic E-state index is 13.4. The van der Waals surface area contributed by atoms with Gasteiger partial charge in [0.1, 0.15) is 4.90 Å². The Kier molecular flexibility index (Phi) is 8.43. The molecule has 1 N–H and O–H groups in total. The first-order chi connectivity index (χ1) is 15.9. The zero-order valence-electron chi connectivity index (χ0n) is 20.0. The molecule has 1 aromatic rings. The fraction of sp³-hybridized carbons (Fsp3) is 0.720. The standard InChI is InChI=1S/C25H40N4O3S/c1-27(22-9-3-2-4-10-22)33(31,32)24-12-6-5-11-23(24)26-25(30)20-29-17-13-21(14-18-29)19-28-15-7-8-16-28/h5-6,11-12,21-22H,2-4,7-10,13-20H2,1H3,(H,26,30). The molecular formula is C25H40N4O3S. The molecule has 2 aliphatic heterocycles. The van der Waals surface area contributed by atoms with Crippen molar-refractivity contribution >= 4 is 21.6 Å². The van der Waals surface area contributed by atoms with Crippen LogP contribution in [0.5, 0.6) is 0 Å². The van der Waals surface area contributed by atoms with Gasteiger partial charge in [-0.25, -0.2) is 8.42 Å². The molecule has 0 radical (unpaired) electrons. The summed E-state index contributed by atoms with van der Waals surface area (Å²) in [5, 5.41) is 2.90. The lowest BCUT2D eigenvalue weighted by Gasteiger charge is -2.33. The summed E-state index contributed by atoms with van der Waals surface area (Å²) in [5.41, 5.74) is 0.383. The number of hydrogen-bond donors (Lipinski definition) is 1. The highest BCUT2D eigenvalue weighted by molar-refractivity contribution is 7.89. The van der Waals surface area contributed by atoms with E-state index in [1.54, 1.807) is 31.3 Å². The largest absolute Gasteiger partial charge is 0.324 e. The van der Waals surface area contributed by atoms with Crippen molar-refractivity contribution in [1.29, 1.82) is 0 Å². The number of para-hydroxylation sites is 1. The predicted octanol–water partition coefficient (Wildman–Crippen LogP) is 3.39. The summed E-state index contributed by atoms with van der Waals surface area (Å²) in [4.78, 5) is 17.8. The Labute approximate surface area is 199 Å². The van der Waals surface area contributed by atoms with Crippen LogP contribution in [0.4, 0.5) is 5.69 Å². The van der Waals surface area contributed by atoms with Crippen molar-refractivity contribution in [3.05, 3.63) is 24.3 Å². The maximum atomic E-state index is 13.4. The molecule has 184 valence electrons. The molecule has 0 atom stereocenters. The van der Waals surface area contributed by atoms with E-state index in [9.17, 15) is 13.2 Å². The smallest absolute Gasteiger partial charge is 0.245 e. The van der Waals surface area contributed by atoms with Gasteiger partial charge in [0, 0.05) is 19.6 Å². The van der Waals surface area contributed by atoms with E-state index in [0.717, 1.165) is 57.5 Å². The Morgan fingerprint density at radius 3 is 2.30 bits per heavy atom. The summed E-state index contributed by atoms with van der Waals surface area (Å²) in [5.74, 6) is 0.583. The molecule has 0 spiro atoms. The van der Waals surface area contributed by atoms with E-state index in [1.165, 1.54) is 43.2 Å². The lowest BCUT2D eigenvalue weighted by atomic mass is 9.96. The summed E-state index contributed by atoms with van der Waals surface area (Å²) in [6, 6.07) is 6.84. The molecular weight excluding hydrogens is 436 g/mol. The molecule has 2 saturated heterocycles. The lowest BCUT2D eigenvalue weighted by Crippen LogP contribution is -2.42. The van der Waals surface area contributed by atoms with Crippen LogP contribution in [0.25, 0.3) is 0 Å². The second-order valence-corrected chi connectivity index (χ2v) is 12.1. The summed E-state index contributed by atoms with van der Waals surface area (Å²) in [6.07, 6.45) is 10.0. The normalized spacial score (nSPS) is 22.1. The van der Waals surface area contributed by atoms with E-state index in [4.69, 9.17) is 0 Å². The molecule has 7 nitrogen and oxygen atoms in total. The lowest BCUT2D eigenvalue weighted by molar-refractivity contribution is -0.117. The highest BCUT2D eigenvalue weighted by Gasteiger charge is 2.31. The number of rotatable bonds is 8. The van der Waals surface area contributed by atoms with E-state index in [2.05, 4.69) is 15.1 Å². The van der Waals surface area contributed by atoms with Gasteiger partial charge in [0.2, 0.25) is 15.9 Å². The van der Waals surface area contributed by atoms with Gasteiger partial charge in [-0.1, -0.05) is 31.4 Å². The summed E-state index contributed by atoms with van der Waals surface area (Å²) >= 11 is 0. The van der Waals surface area contributed by atoms with Gasteiger partial charge in [-0.15, -0.1) is 0 Å². The van der Waals surface area contributed by atoms with Crippen LogP contribution in [0.2, 0.25) is 0 Å². The Balaban J connectivity index is 1.32. The third-order valence-electron chi connectivity index (χ3n) is 7.70. The highest BCUT2D eigenvalue weighted by atomic mass is 32.2. The number of carbonyl (C=O) groups excluding carboxylic acids is 1. The monoisotopic (exact) mass is 476 g/mol. The number of piperidine rings is 1. The molecule has 0 aromatic heterocycles. The number of anilines is 1. The van der Waals surface area contributed by atoms with Gasteiger partial charge in [0.25, 0.3) is 0 Å². The molecule has 0 unspecified atom stereocenters. The van der Waals surface area contributed by atoms with Crippen molar-refractivity contribution in [2.45, 2.75) is 68.7 Å². The third-order valence-corrected chi connectivity index (χ3v) is 9.66. The van der Waals surface area contributed by atoms with Crippen molar-refractivity contribution in [2.24, 2.45) is 5.92 Å². The van der Waals surface area contributed by atoms with Crippen molar-refractivity contribution in [3.63, 3.8) is 0 Å². The average molecular weight is 477 g/mol. The number of sulfonamides is 1. The zero-order valence-corrected chi connectivity index (χ0v) is 20.9. The van der Waals surface area contributed by atoms with Gasteiger partial charge >= 0.3 is 0 Å². The van der Waals surface area contributed by atoms with E-state index in [1.807, 2.05) is 0 Å². The second-order valence-electron chi connectivity index (χ2n) is 10.1. The molecule has 4 rings (SSSR count). The number of carbonyl (C=O) groups is 1. The van der Waals surface area contributed by atoms with E-state index < -0.39 is 10.0 Å². The van der Waals surface area contributed by atoms with Crippen LogP contribution < -0.4 is 5.32 Å². The maximum Gasteiger partial charge on any atom is 0.245 e. The first-order valence-corrected chi connectivity index (χ1v) is 14.2. The van der Waals surface area contributed by atoms with Crippen molar-refractivity contribution < 1.29 is 13.2 Å². The number of nitrogens with zero attached hydrogens (tertiary/aromatic N) is 3. The van der Waals surface area contributed by atoms with Gasteiger partial charge in [-0.2, -0.15) is 4.31 Å². The predicted molar refractivity (Wildman–Crippen MR) is 132 cm³/mol. The Morgan fingerprint density at radius 2 is 1.61 bits per heavy atom. The van der Waals surface area contributed by atoms with E-state index in [-0.39, 0.29) is 16.8 Å². The number of hydrogen-bond acceptors (Lipinski definition) is 5. The average Bonchev–Trinajstić information content (AvgIpc) is 3.34. The molecule has 3 fully saturated rings. The van der Waals surface area contributed by atoms with Crippen LogP contribution in [-0.2, 0) is 14.8 Å². The minimum Gasteiger partial charge on any atom is -0.324 e. The summed E-state index contributed by atoms with van der Waals surface area (Å²) < 4.78 is 28.2. The quantitative estimate of drug-likeness (QED) is 0.623. The SMILES string of the molecule is CN(C1CCCCC1)S(=O)(=O)c1ccccc1NC(=O)CN1CCC(CN2CCCC2)CC1. The zero-order chi connectivity index (χ0) is 23.3. The Hall–Kier alpha value is -1.48. The van der Waals surface area contributed by atoms with Gasteiger partial charge in [0.15, 0.2) is 0 Å². The van der Waals surface area contributed by atoms with Crippen LogP contribution in [0.3, 0.4) is 0 Å². The number of nitrogens with one attached hydrogen (secondary N) is 1. The Bertz CT molecular complexity index is 887. The van der Waals surface area contributed by atoms with Crippen molar-refractivity contribution in [1.82, 2.24) is 14.1 Å². The summed E-state index contributed by atoms with van der Waals surface area (Å²) in [7, 11) is -1.99. The van der Waals surface area contributed by atoms with E-state index >= 15 is 0 Å². The van der Waals surface area contributed by atoms with Crippen LogP contribution in [0.15, 0.2) is 29.2 Å². The molecule has 1 saturated carbocycles. The fourth-order valence-electron chi connectivity index (χ4n) is 5.64. The first-order valence-electron chi connectivity index (χ1n) is 12.7. The second kappa shape index (κ2) is 11.3. The molecule has 0 bridgehead atoms. The van der Waals surface area contributed by atoms with Crippen molar-refractivity contribution in [2.75, 3.05) is 51.6 Å². The third kappa shape index (κ3) is 6.35. The minimum absolute atomic E-state index is 0.0364. The highest BCUT2D eigenvalue weighted by Crippen LogP contribution is 2.30. The molecule has 1 aromatic carbocycles. The first kappa shape index (κ1) is 24.6. The number of benzene rings is 1. The van der Waals surface area contributed by atoms with Gasteiger partial charge in [0.05, 0.1) is 12.2 Å². The topological polar surface area (TPSA) is 73.0 Å². The summed E-state index contributed by atoms with van der Waals surface area (Å²) in [6.45, 7) is 5.83.